The lowest BCUT2D eigenvalue weighted by molar-refractivity contribution is 0.350. The van der Waals surface area contributed by atoms with Gasteiger partial charge in [-0.05, 0) is 24.5 Å². The molecule has 0 aromatic heterocycles. The fourth-order valence-electron chi connectivity index (χ4n) is 1.27. The van der Waals surface area contributed by atoms with E-state index >= 15 is 0 Å². The van der Waals surface area contributed by atoms with Crippen LogP contribution in [0.5, 0.6) is 0 Å². The van der Waals surface area contributed by atoms with Crippen molar-refractivity contribution in [2.45, 2.75) is 26.4 Å². The second-order valence-electron chi connectivity index (χ2n) is 3.15. The van der Waals surface area contributed by atoms with Gasteiger partial charge in [0.1, 0.15) is 0 Å². The molecule has 1 unspecified atom stereocenters. The SMILES string of the molecule is CCO[PH](=O)Cc1ccc(CC)cc1. The quantitative estimate of drug-likeness (QED) is 0.700. The molecule has 14 heavy (non-hydrogen) atoms. The van der Waals surface area contributed by atoms with E-state index in [9.17, 15) is 4.57 Å². The molecule has 0 bridgehead atoms. The third kappa shape index (κ3) is 3.65. The molecule has 0 aliphatic rings. The van der Waals surface area contributed by atoms with Gasteiger partial charge in [0.2, 0.25) is 0 Å². The molecule has 3 heteroatoms. The molecule has 0 aliphatic carbocycles. The van der Waals surface area contributed by atoms with Crippen LogP contribution >= 0.6 is 8.03 Å². The highest BCUT2D eigenvalue weighted by Crippen LogP contribution is 2.27. The van der Waals surface area contributed by atoms with Gasteiger partial charge < -0.3 is 4.52 Å². The molecule has 78 valence electrons. The number of hydrogen-bond acceptors (Lipinski definition) is 2. The first-order valence-corrected chi connectivity index (χ1v) is 6.52. The van der Waals surface area contributed by atoms with E-state index in [0.717, 1.165) is 12.0 Å². The number of hydrogen-bond donors (Lipinski definition) is 0. The van der Waals surface area contributed by atoms with Crippen molar-refractivity contribution in [2.75, 3.05) is 6.61 Å². The molecule has 2 nitrogen and oxygen atoms in total. The van der Waals surface area contributed by atoms with E-state index in [0.29, 0.717) is 12.8 Å². The largest absolute Gasteiger partial charge is 0.331 e. The first-order valence-electron chi connectivity index (χ1n) is 4.99. The lowest BCUT2D eigenvalue weighted by Crippen LogP contribution is -1.85. The van der Waals surface area contributed by atoms with Crippen molar-refractivity contribution in [1.29, 1.82) is 0 Å². The maximum atomic E-state index is 11.3. The average Bonchev–Trinajstić information content (AvgIpc) is 2.19. The molecule has 1 rings (SSSR count). The highest BCUT2D eigenvalue weighted by molar-refractivity contribution is 7.38. The van der Waals surface area contributed by atoms with E-state index in [1.165, 1.54) is 5.56 Å². The predicted molar refractivity (Wildman–Crippen MR) is 60.2 cm³/mol. The Morgan fingerprint density at radius 3 is 2.21 bits per heavy atom. The van der Waals surface area contributed by atoms with Gasteiger partial charge in [-0.15, -0.1) is 0 Å². The Labute approximate surface area is 86.2 Å². The van der Waals surface area contributed by atoms with Crippen LogP contribution in [-0.4, -0.2) is 6.61 Å². The second kappa shape index (κ2) is 6.00. The van der Waals surface area contributed by atoms with Crippen molar-refractivity contribution in [3.8, 4) is 0 Å². The predicted octanol–water partition coefficient (Wildman–Crippen LogP) is 3.26. The van der Waals surface area contributed by atoms with E-state index in [1.807, 2.05) is 19.1 Å². The van der Waals surface area contributed by atoms with Gasteiger partial charge in [0, 0.05) is 6.16 Å². The third-order valence-corrected chi connectivity index (χ3v) is 3.39. The molecule has 1 aromatic carbocycles. The third-order valence-electron chi connectivity index (χ3n) is 2.09. The molecule has 1 aromatic rings. The molecule has 0 N–H and O–H groups in total. The Morgan fingerprint density at radius 1 is 1.14 bits per heavy atom. The van der Waals surface area contributed by atoms with Gasteiger partial charge in [-0.1, -0.05) is 31.2 Å². The molecule has 0 fully saturated rings. The van der Waals surface area contributed by atoms with Crippen LogP contribution in [0.2, 0.25) is 0 Å². The summed E-state index contributed by atoms with van der Waals surface area (Å²) in [6.45, 7) is 4.52. The van der Waals surface area contributed by atoms with Gasteiger partial charge in [-0.25, -0.2) is 0 Å². The molecule has 0 radical (unpaired) electrons. The van der Waals surface area contributed by atoms with E-state index in [-0.39, 0.29) is 0 Å². The first-order chi connectivity index (χ1) is 6.76. The van der Waals surface area contributed by atoms with E-state index in [2.05, 4.69) is 19.1 Å². The lowest BCUT2D eigenvalue weighted by atomic mass is 10.1. The normalized spacial score (nSPS) is 12.7. The van der Waals surface area contributed by atoms with Gasteiger partial charge in [0.25, 0.3) is 0 Å². The van der Waals surface area contributed by atoms with Crippen LogP contribution in [0.1, 0.15) is 25.0 Å². The van der Waals surface area contributed by atoms with E-state index in [1.54, 1.807) is 0 Å². The van der Waals surface area contributed by atoms with Gasteiger partial charge in [-0.2, -0.15) is 0 Å². The zero-order chi connectivity index (χ0) is 10.4. The van der Waals surface area contributed by atoms with Gasteiger partial charge in [0.05, 0.1) is 6.61 Å². The minimum Gasteiger partial charge on any atom is -0.331 e. The zero-order valence-electron chi connectivity index (χ0n) is 8.75. The topological polar surface area (TPSA) is 26.3 Å². The highest BCUT2D eigenvalue weighted by atomic mass is 31.1. The molecule has 0 amide bonds. The molecule has 0 heterocycles. The van der Waals surface area contributed by atoms with Crippen molar-refractivity contribution >= 4 is 8.03 Å². The Kier molecular flexibility index (Phi) is 4.92. The Hall–Kier alpha value is -0.590. The van der Waals surface area contributed by atoms with Crippen molar-refractivity contribution in [3.63, 3.8) is 0 Å². The summed E-state index contributed by atoms with van der Waals surface area (Å²) >= 11 is 0. The number of rotatable bonds is 5. The zero-order valence-corrected chi connectivity index (χ0v) is 9.75. The van der Waals surface area contributed by atoms with Crippen LogP contribution in [0.15, 0.2) is 24.3 Å². The van der Waals surface area contributed by atoms with Gasteiger partial charge in [0.15, 0.2) is 8.03 Å². The summed E-state index contributed by atoms with van der Waals surface area (Å²) in [6.07, 6.45) is 1.60. The van der Waals surface area contributed by atoms with Crippen LogP contribution in [0.3, 0.4) is 0 Å². The van der Waals surface area contributed by atoms with Crippen LogP contribution in [0.4, 0.5) is 0 Å². The fourth-order valence-corrected chi connectivity index (χ4v) is 2.26. The second-order valence-corrected chi connectivity index (χ2v) is 4.54. The molecule has 1 atom stereocenters. The Morgan fingerprint density at radius 2 is 1.71 bits per heavy atom. The maximum absolute atomic E-state index is 11.3. The monoisotopic (exact) mass is 212 g/mol. The lowest BCUT2D eigenvalue weighted by Gasteiger charge is -2.03. The minimum atomic E-state index is -1.86. The molecule has 0 saturated carbocycles. The fraction of sp³-hybridized carbons (Fsp3) is 0.455. The average molecular weight is 212 g/mol. The van der Waals surface area contributed by atoms with Crippen LogP contribution in [0, 0.1) is 0 Å². The summed E-state index contributed by atoms with van der Waals surface area (Å²) < 4.78 is 16.4. The molecule has 0 saturated heterocycles. The van der Waals surface area contributed by atoms with Gasteiger partial charge in [-0.3, -0.25) is 4.57 Å². The molecule has 0 spiro atoms. The van der Waals surface area contributed by atoms with Gasteiger partial charge >= 0.3 is 0 Å². The minimum absolute atomic E-state index is 0.533. The summed E-state index contributed by atoms with van der Waals surface area (Å²) in [4.78, 5) is 0. The van der Waals surface area contributed by atoms with Crippen LogP contribution in [-0.2, 0) is 21.7 Å². The summed E-state index contributed by atoms with van der Waals surface area (Å²) in [5, 5.41) is 0. The van der Waals surface area contributed by atoms with Crippen molar-refractivity contribution in [3.05, 3.63) is 35.4 Å². The summed E-state index contributed by atoms with van der Waals surface area (Å²) in [7, 11) is -1.86. The molecular formula is C11H17O2P. The van der Waals surface area contributed by atoms with E-state index < -0.39 is 8.03 Å². The summed E-state index contributed by atoms with van der Waals surface area (Å²) in [6, 6.07) is 8.22. The first kappa shape index (κ1) is 11.5. The molecule has 0 aliphatic heterocycles. The van der Waals surface area contributed by atoms with Crippen molar-refractivity contribution in [1.82, 2.24) is 0 Å². The smallest absolute Gasteiger partial charge is 0.195 e. The standard InChI is InChI=1S/C11H17O2P/c1-3-10-5-7-11(8-6-10)9-14(12)13-4-2/h5-8,14H,3-4,9H2,1-2H3. The summed E-state index contributed by atoms with van der Waals surface area (Å²) in [5.41, 5.74) is 2.41. The Balaban J connectivity index is 2.55. The number of benzene rings is 1. The van der Waals surface area contributed by atoms with Crippen LogP contribution < -0.4 is 0 Å². The molecular weight excluding hydrogens is 195 g/mol. The summed E-state index contributed by atoms with van der Waals surface area (Å²) in [5.74, 6) is 0. The van der Waals surface area contributed by atoms with Crippen LogP contribution in [0.25, 0.3) is 0 Å². The maximum Gasteiger partial charge on any atom is 0.195 e. The van der Waals surface area contributed by atoms with Crippen molar-refractivity contribution < 1.29 is 9.09 Å². The van der Waals surface area contributed by atoms with Crippen molar-refractivity contribution in [2.24, 2.45) is 0 Å². The number of aryl methyl sites for hydroxylation is 1. The Bertz CT molecular complexity index is 293. The highest BCUT2D eigenvalue weighted by Gasteiger charge is 2.00. The van der Waals surface area contributed by atoms with E-state index in [4.69, 9.17) is 4.52 Å².